The minimum atomic E-state index is -0.352. The third-order valence-corrected chi connectivity index (χ3v) is 3.95. The maximum absolute atomic E-state index is 10.7. The molecule has 0 aliphatic heterocycles. The zero-order chi connectivity index (χ0) is 13.2. The quantitative estimate of drug-likeness (QED) is 0.660. The van der Waals surface area contributed by atoms with Gasteiger partial charge in [-0.2, -0.15) is 0 Å². The van der Waals surface area contributed by atoms with Crippen LogP contribution in [0, 0.1) is 16.0 Å². The van der Waals surface area contributed by atoms with Gasteiger partial charge in [-0.25, -0.2) is 0 Å². The molecule has 0 amide bonds. The smallest absolute Gasteiger partial charge is 0.269 e. The second kappa shape index (κ2) is 5.06. The number of hydrogen-bond acceptors (Lipinski definition) is 3. The Morgan fingerprint density at radius 3 is 2.72 bits per heavy atom. The molecule has 0 heterocycles. The number of nitro benzene ring substituents is 1. The van der Waals surface area contributed by atoms with Crippen LogP contribution in [0.5, 0.6) is 0 Å². The topological polar surface area (TPSA) is 69.2 Å². The summed E-state index contributed by atoms with van der Waals surface area (Å²) in [5.74, 6) is 0.756. The van der Waals surface area contributed by atoms with E-state index >= 15 is 0 Å². The number of benzene rings is 1. The minimum Gasteiger partial charge on any atom is -0.325 e. The fourth-order valence-corrected chi connectivity index (χ4v) is 2.70. The van der Waals surface area contributed by atoms with Crippen molar-refractivity contribution < 1.29 is 4.92 Å². The van der Waals surface area contributed by atoms with Crippen LogP contribution in [0.15, 0.2) is 24.3 Å². The molecule has 1 aromatic rings. The molecule has 0 unspecified atom stereocenters. The first-order valence-corrected chi connectivity index (χ1v) is 6.51. The van der Waals surface area contributed by atoms with E-state index < -0.39 is 0 Å². The van der Waals surface area contributed by atoms with E-state index in [1.54, 1.807) is 12.1 Å². The number of non-ortho nitro benzene ring substituents is 1. The van der Waals surface area contributed by atoms with Crippen LogP contribution in [-0.2, 0) is 6.42 Å². The van der Waals surface area contributed by atoms with E-state index in [-0.39, 0.29) is 16.1 Å². The number of nitrogens with zero attached hydrogens (tertiary/aromatic N) is 1. The molecular formula is C14H20N2O2. The summed E-state index contributed by atoms with van der Waals surface area (Å²) >= 11 is 0. The summed E-state index contributed by atoms with van der Waals surface area (Å²) in [6.45, 7) is 2.26. The molecule has 1 aliphatic rings. The van der Waals surface area contributed by atoms with Gasteiger partial charge in [0.1, 0.15) is 0 Å². The van der Waals surface area contributed by atoms with Crippen LogP contribution in [0.4, 0.5) is 5.69 Å². The normalized spacial score (nSPS) is 28.0. The highest BCUT2D eigenvalue weighted by Gasteiger charge is 2.30. The first-order chi connectivity index (χ1) is 8.48. The Labute approximate surface area is 107 Å². The SMILES string of the molecule is CC1CCC(N)(Cc2cccc([N+](=O)[O-])c2)CC1. The molecule has 0 atom stereocenters. The molecule has 0 bridgehead atoms. The molecule has 1 fully saturated rings. The summed E-state index contributed by atoms with van der Waals surface area (Å²) in [4.78, 5) is 10.4. The Morgan fingerprint density at radius 2 is 2.11 bits per heavy atom. The molecule has 1 aliphatic carbocycles. The number of nitro groups is 1. The maximum atomic E-state index is 10.7. The molecule has 2 rings (SSSR count). The summed E-state index contributed by atoms with van der Waals surface area (Å²) in [6, 6.07) is 6.84. The van der Waals surface area contributed by atoms with Gasteiger partial charge in [-0.15, -0.1) is 0 Å². The number of rotatable bonds is 3. The van der Waals surface area contributed by atoms with E-state index in [4.69, 9.17) is 5.73 Å². The largest absolute Gasteiger partial charge is 0.325 e. The molecule has 4 heteroatoms. The van der Waals surface area contributed by atoms with Gasteiger partial charge in [0.2, 0.25) is 0 Å². The van der Waals surface area contributed by atoms with E-state index in [1.165, 1.54) is 6.07 Å². The van der Waals surface area contributed by atoms with Crippen LogP contribution in [0.2, 0.25) is 0 Å². The molecule has 98 valence electrons. The fourth-order valence-electron chi connectivity index (χ4n) is 2.70. The van der Waals surface area contributed by atoms with Gasteiger partial charge >= 0.3 is 0 Å². The van der Waals surface area contributed by atoms with Crippen molar-refractivity contribution in [3.8, 4) is 0 Å². The number of hydrogen-bond donors (Lipinski definition) is 1. The van der Waals surface area contributed by atoms with E-state index in [1.807, 2.05) is 6.07 Å². The summed E-state index contributed by atoms with van der Waals surface area (Å²) in [6.07, 6.45) is 5.08. The molecular weight excluding hydrogens is 228 g/mol. The Balaban J connectivity index is 2.09. The highest BCUT2D eigenvalue weighted by molar-refractivity contribution is 5.35. The molecule has 2 N–H and O–H groups in total. The van der Waals surface area contributed by atoms with E-state index in [9.17, 15) is 10.1 Å². The van der Waals surface area contributed by atoms with Crippen molar-refractivity contribution in [3.63, 3.8) is 0 Å². The summed E-state index contributed by atoms with van der Waals surface area (Å²) in [5, 5.41) is 10.7. The van der Waals surface area contributed by atoms with Gasteiger partial charge in [0.25, 0.3) is 5.69 Å². The lowest BCUT2D eigenvalue weighted by Gasteiger charge is -2.36. The van der Waals surface area contributed by atoms with Crippen molar-refractivity contribution in [1.29, 1.82) is 0 Å². The average molecular weight is 248 g/mol. The molecule has 0 saturated heterocycles. The van der Waals surface area contributed by atoms with Gasteiger partial charge in [0, 0.05) is 17.7 Å². The average Bonchev–Trinajstić information content (AvgIpc) is 2.33. The minimum absolute atomic E-state index is 0.153. The monoisotopic (exact) mass is 248 g/mol. The third kappa shape index (κ3) is 3.07. The highest BCUT2D eigenvalue weighted by atomic mass is 16.6. The van der Waals surface area contributed by atoms with Crippen molar-refractivity contribution in [2.75, 3.05) is 0 Å². The van der Waals surface area contributed by atoms with Gasteiger partial charge in [-0.3, -0.25) is 10.1 Å². The zero-order valence-electron chi connectivity index (χ0n) is 10.8. The lowest BCUT2D eigenvalue weighted by Crippen LogP contribution is -2.45. The fraction of sp³-hybridized carbons (Fsp3) is 0.571. The zero-order valence-corrected chi connectivity index (χ0v) is 10.8. The van der Waals surface area contributed by atoms with Crippen molar-refractivity contribution in [2.24, 2.45) is 11.7 Å². The Hall–Kier alpha value is -1.42. The van der Waals surface area contributed by atoms with Gasteiger partial charge in [-0.1, -0.05) is 19.1 Å². The highest BCUT2D eigenvalue weighted by Crippen LogP contribution is 2.32. The van der Waals surface area contributed by atoms with Crippen LogP contribution in [0.25, 0.3) is 0 Å². The van der Waals surface area contributed by atoms with Gasteiger partial charge in [0.15, 0.2) is 0 Å². The molecule has 0 spiro atoms. The molecule has 4 nitrogen and oxygen atoms in total. The van der Waals surface area contributed by atoms with E-state index in [0.717, 1.165) is 43.6 Å². The summed E-state index contributed by atoms with van der Waals surface area (Å²) in [5.41, 5.74) is 7.36. The van der Waals surface area contributed by atoms with Crippen molar-refractivity contribution in [1.82, 2.24) is 0 Å². The lowest BCUT2D eigenvalue weighted by molar-refractivity contribution is -0.384. The van der Waals surface area contributed by atoms with Crippen LogP contribution in [0.1, 0.15) is 38.2 Å². The lowest BCUT2D eigenvalue weighted by atomic mass is 9.75. The third-order valence-electron chi connectivity index (χ3n) is 3.95. The van der Waals surface area contributed by atoms with Crippen LogP contribution in [-0.4, -0.2) is 10.5 Å². The number of nitrogens with two attached hydrogens (primary N) is 1. The first kappa shape index (κ1) is 13.0. The van der Waals surface area contributed by atoms with E-state index in [0.29, 0.717) is 0 Å². The first-order valence-electron chi connectivity index (χ1n) is 6.51. The Morgan fingerprint density at radius 1 is 1.44 bits per heavy atom. The van der Waals surface area contributed by atoms with Crippen molar-refractivity contribution in [2.45, 2.75) is 44.6 Å². The van der Waals surface area contributed by atoms with Crippen molar-refractivity contribution >= 4 is 5.69 Å². The van der Waals surface area contributed by atoms with Crippen LogP contribution in [0.3, 0.4) is 0 Å². The van der Waals surface area contributed by atoms with E-state index in [2.05, 4.69) is 6.92 Å². The predicted octanol–water partition coefficient (Wildman–Crippen LogP) is 3.04. The van der Waals surface area contributed by atoms with Gasteiger partial charge in [-0.05, 0) is 43.6 Å². The van der Waals surface area contributed by atoms with Crippen molar-refractivity contribution in [3.05, 3.63) is 39.9 Å². The van der Waals surface area contributed by atoms with Gasteiger partial charge < -0.3 is 5.73 Å². The molecule has 18 heavy (non-hydrogen) atoms. The molecule has 0 radical (unpaired) electrons. The molecule has 1 aromatic carbocycles. The predicted molar refractivity (Wildman–Crippen MR) is 71.4 cm³/mol. The molecule has 1 saturated carbocycles. The molecule has 0 aromatic heterocycles. The van der Waals surface area contributed by atoms with Crippen LogP contribution < -0.4 is 5.73 Å². The maximum Gasteiger partial charge on any atom is 0.269 e. The van der Waals surface area contributed by atoms with Gasteiger partial charge in [0.05, 0.1) is 4.92 Å². The summed E-state index contributed by atoms with van der Waals surface area (Å²) in [7, 11) is 0. The Kier molecular flexibility index (Phi) is 3.66. The second-order valence-corrected chi connectivity index (χ2v) is 5.65. The standard InChI is InChI=1S/C14H20N2O2/c1-11-5-7-14(15,8-6-11)10-12-3-2-4-13(9-12)16(17)18/h2-4,9,11H,5-8,10,15H2,1H3. The second-order valence-electron chi connectivity index (χ2n) is 5.65. The van der Waals surface area contributed by atoms with Crippen LogP contribution >= 0.6 is 0 Å². The summed E-state index contributed by atoms with van der Waals surface area (Å²) < 4.78 is 0. The Bertz CT molecular complexity index is 437.